The van der Waals surface area contributed by atoms with E-state index in [2.05, 4.69) is 4.72 Å². The van der Waals surface area contributed by atoms with Crippen molar-refractivity contribution in [3.8, 4) is 0 Å². The molecular weight excluding hydrogens is 366 g/mol. The summed E-state index contributed by atoms with van der Waals surface area (Å²) in [6, 6.07) is 15.1. The first-order chi connectivity index (χ1) is 12.8. The minimum Gasteiger partial charge on any atom is -0.461 e. The molecule has 0 heterocycles. The molecule has 27 heavy (non-hydrogen) atoms. The number of aliphatic hydroxyl groups excluding tert-OH is 1. The Bertz CT molecular complexity index is 880. The maximum absolute atomic E-state index is 12.5. The summed E-state index contributed by atoms with van der Waals surface area (Å²) in [4.78, 5) is 12.4. The Hall–Kier alpha value is -2.22. The third-order valence-electron chi connectivity index (χ3n) is 4.72. The number of rotatable bonds is 6. The number of sulfonamides is 1. The van der Waals surface area contributed by atoms with E-state index in [4.69, 9.17) is 4.74 Å². The number of nitrogens with one attached hydrogen (secondary N) is 1. The van der Waals surface area contributed by atoms with E-state index < -0.39 is 34.1 Å². The number of benzene rings is 2. The molecule has 144 valence electrons. The van der Waals surface area contributed by atoms with Crippen molar-refractivity contribution in [1.29, 1.82) is 0 Å². The van der Waals surface area contributed by atoms with Crippen LogP contribution in [0.1, 0.15) is 24.0 Å². The highest BCUT2D eigenvalue weighted by molar-refractivity contribution is 7.89. The van der Waals surface area contributed by atoms with Crippen molar-refractivity contribution in [3.05, 3.63) is 65.7 Å². The van der Waals surface area contributed by atoms with Crippen LogP contribution in [-0.2, 0) is 26.2 Å². The lowest BCUT2D eigenvalue weighted by atomic mass is 10.1. The van der Waals surface area contributed by atoms with E-state index in [9.17, 15) is 18.3 Å². The van der Waals surface area contributed by atoms with Gasteiger partial charge in [-0.05, 0) is 37.5 Å². The number of esters is 1. The smallest absolute Gasteiger partial charge is 0.309 e. The number of hydrogen-bond acceptors (Lipinski definition) is 5. The standard InChI is InChI=1S/C20H23NO5S/c1-14-7-9-17(10-8-14)27(24,25)21-18-11-16(12-19(18)22)20(23)26-13-15-5-3-2-4-6-15/h2-10,16,18-19,21-22H,11-13H2,1H3. The van der Waals surface area contributed by atoms with Crippen LogP contribution in [-0.4, -0.2) is 31.6 Å². The van der Waals surface area contributed by atoms with Crippen LogP contribution in [0.3, 0.4) is 0 Å². The molecule has 0 spiro atoms. The van der Waals surface area contributed by atoms with E-state index in [1.54, 1.807) is 12.1 Å². The van der Waals surface area contributed by atoms with Crippen molar-refractivity contribution in [1.82, 2.24) is 4.72 Å². The lowest BCUT2D eigenvalue weighted by molar-refractivity contribution is -0.149. The predicted octanol–water partition coefficient (Wildman–Crippen LogP) is 2.16. The normalized spacial score (nSPS) is 22.5. The van der Waals surface area contributed by atoms with Gasteiger partial charge in [0.2, 0.25) is 10.0 Å². The second-order valence-electron chi connectivity index (χ2n) is 6.87. The van der Waals surface area contributed by atoms with Crippen molar-refractivity contribution in [2.45, 2.75) is 43.4 Å². The minimum atomic E-state index is -3.76. The molecule has 3 unspecified atom stereocenters. The average Bonchev–Trinajstić information content (AvgIpc) is 3.01. The second kappa shape index (κ2) is 8.21. The highest BCUT2D eigenvalue weighted by atomic mass is 32.2. The monoisotopic (exact) mass is 389 g/mol. The zero-order valence-electron chi connectivity index (χ0n) is 15.0. The van der Waals surface area contributed by atoms with E-state index in [-0.39, 0.29) is 24.3 Å². The molecule has 1 aliphatic carbocycles. The quantitative estimate of drug-likeness (QED) is 0.739. The molecule has 2 aromatic carbocycles. The fourth-order valence-electron chi connectivity index (χ4n) is 3.17. The molecule has 3 atom stereocenters. The van der Waals surface area contributed by atoms with Gasteiger partial charge in [-0.25, -0.2) is 13.1 Å². The van der Waals surface area contributed by atoms with E-state index >= 15 is 0 Å². The Morgan fingerprint density at radius 2 is 1.78 bits per heavy atom. The summed E-state index contributed by atoms with van der Waals surface area (Å²) in [7, 11) is -3.76. The fraction of sp³-hybridized carbons (Fsp3) is 0.350. The highest BCUT2D eigenvalue weighted by Gasteiger charge is 2.39. The lowest BCUT2D eigenvalue weighted by Gasteiger charge is -2.16. The van der Waals surface area contributed by atoms with E-state index in [0.717, 1.165) is 11.1 Å². The zero-order valence-corrected chi connectivity index (χ0v) is 15.9. The summed E-state index contributed by atoms with van der Waals surface area (Å²) in [5.74, 6) is -0.954. The largest absolute Gasteiger partial charge is 0.461 e. The zero-order chi connectivity index (χ0) is 19.4. The van der Waals surface area contributed by atoms with Crippen LogP contribution < -0.4 is 4.72 Å². The first kappa shape index (κ1) is 19.5. The fourth-order valence-corrected chi connectivity index (χ4v) is 4.45. The van der Waals surface area contributed by atoms with Crippen molar-refractivity contribution in [3.63, 3.8) is 0 Å². The molecule has 0 radical (unpaired) electrons. The number of carbonyl (C=O) groups excluding carboxylic acids is 1. The molecule has 1 saturated carbocycles. The van der Waals surface area contributed by atoms with Crippen LogP contribution in [0.4, 0.5) is 0 Å². The topological polar surface area (TPSA) is 92.7 Å². The van der Waals surface area contributed by atoms with Gasteiger partial charge in [0.15, 0.2) is 0 Å². The maximum Gasteiger partial charge on any atom is 0.309 e. The molecule has 2 N–H and O–H groups in total. The van der Waals surface area contributed by atoms with Crippen LogP contribution in [0.15, 0.2) is 59.5 Å². The van der Waals surface area contributed by atoms with Crippen LogP contribution in [0, 0.1) is 12.8 Å². The van der Waals surface area contributed by atoms with E-state index in [1.165, 1.54) is 12.1 Å². The molecule has 6 nitrogen and oxygen atoms in total. The SMILES string of the molecule is Cc1ccc(S(=O)(=O)NC2CC(C(=O)OCc3ccccc3)CC2O)cc1. The first-order valence-electron chi connectivity index (χ1n) is 8.83. The Balaban J connectivity index is 1.59. The Kier molecular flexibility index (Phi) is 5.94. The molecule has 0 aliphatic heterocycles. The highest BCUT2D eigenvalue weighted by Crippen LogP contribution is 2.29. The minimum absolute atomic E-state index is 0.135. The number of carbonyl (C=O) groups is 1. The number of hydrogen-bond donors (Lipinski definition) is 2. The number of aryl methyl sites for hydroxylation is 1. The van der Waals surface area contributed by atoms with Gasteiger partial charge in [0.25, 0.3) is 0 Å². The van der Waals surface area contributed by atoms with Gasteiger partial charge in [-0.15, -0.1) is 0 Å². The van der Waals surface area contributed by atoms with Gasteiger partial charge in [-0.3, -0.25) is 4.79 Å². The molecular formula is C20H23NO5S. The lowest BCUT2D eigenvalue weighted by Crippen LogP contribution is -2.39. The predicted molar refractivity (Wildman–Crippen MR) is 100 cm³/mol. The van der Waals surface area contributed by atoms with Crippen molar-refractivity contribution in [2.24, 2.45) is 5.92 Å². The second-order valence-corrected chi connectivity index (χ2v) is 8.58. The molecule has 2 aromatic rings. The van der Waals surface area contributed by atoms with Gasteiger partial charge in [0.1, 0.15) is 6.61 Å². The third kappa shape index (κ3) is 4.94. The Labute approximate surface area is 159 Å². The van der Waals surface area contributed by atoms with Crippen molar-refractivity contribution >= 4 is 16.0 Å². The summed E-state index contributed by atoms with van der Waals surface area (Å²) in [5.41, 5.74) is 1.83. The maximum atomic E-state index is 12.5. The molecule has 0 saturated heterocycles. The summed E-state index contributed by atoms with van der Waals surface area (Å²) in [5, 5.41) is 10.2. The van der Waals surface area contributed by atoms with Gasteiger partial charge in [-0.2, -0.15) is 0 Å². The molecule has 0 amide bonds. The van der Waals surface area contributed by atoms with E-state index in [0.29, 0.717) is 0 Å². The summed E-state index contributed by atoms with van der Waals surface area (Å²) in [6.07, 6.45) is -0.547. The third-order valence-corrected chi connectivity index (χ3v) is 6.23. The van der Waals surface area contributed by atoms with Crippen molar-refractivity contribution < 1.29 is 23.1 Å². The summed E-state index contributed by atoms with van der Waals surface area (Å²) >= 11 is 0. The average molecular weight is 389 g/mol. The Morgan fingerprint density at radius 3 is 2.44 bits per heavy atom. The van der Waals surface area contributed by atoms with Gasteiger partial charge in [0.05, 0.1) is 16.9 Å². The molecule has 0 aromatic heterocycles. The molecule has 3 rings (SSSR count). The van der Waals surface area contributed by atoms with Crippen LogP contribution in [0.5, 0.6) is 0 Å². The number of aliphatic hydroxyl groups is 1. The molecule has 7 heteroatoms. The Morgan fingerprint density at radius 1 is 1.11 bits per heavy atom. The van der Waals surface area contributed by atoms with Crippen LogP contribution in [0.25, 0.3) is 0 Å². The van der Waals surface area contributed by atoms with Crippen LogP contribution in [0.2, 0.25) is 0 Å². The summed E-state index contributed by atoms with van der Waals surface area (Å²) < 4.78 is 32.8. The molecule has 1 aliphatic rings. The van der Waals surface area contributed by atoms with E-state index in [1.807, 2.05) is 37.3 Å². The van der Waals surface area contributed by atoms with Gasteiger partial charge in [-0.1, -0.05) is 48.0 Å². The molecule has 1 fully saturated rings. The van der Waals surface area contributed by atoms with Gasteiger partial charge < -0.3 is 9.84 Å². The van der Waals surface area contributed by atoms with Crippen molar-refractivity contribution in [2.75, 3.05) is 0 Å². The first-order valence-corrected chi connectivity index (χ1v) is 10.3. The van der Waals surface area contributed by atoms with Gasteiger partial charge >= 0.3 is 5.97 Å². The number of ether oxygens (including phenoxy) is 1. The van der Waals surface area contributed by atoms with Gasteiger partial charge in [0, 0.05) is 6.04 Å². The summed E-state index contributed by atoms with van der Waals surface area (Å²) in [6.45, 7) is 2.03. The van der Waals surface area contributed by atoms with Crippen LogP contribution >= 0.6 is 0 Å². The molecule has 0 bridgehead atoms.